The van der Waals surface area contributed by atoms with Crippen LogP contribution in [0, 0.1) is 5.92 Å². The van der Waals surface area contributed by atoms with Crippen LogP contribution in [0.2, 0.25) is 0 Å². The Kier molecular flexibility index (Phi) is 7.61. The van der Waals surface area contributed by atoms with Crippen LogP contribution in [0.4, 0.5) is 0 Å². The Bertz CT molecular complexity index is 708. The summed E-state index contributed by atoms with van der Waals surface area (Å²) >= 11 is 0. The Labute approximate surface area is 173 Å². The largest absolute Gasteiger partial charge is 0.493 e. The molecule has 160 valence electrons. The Hall–Kier alpha value is -2.44. The van der Waals surface area contributed by atoms with E-state index >= 15 is 0 Å². The molecule has 1 saturated heterocycles. The molecule has 2 fully saturated rings. The first-order valence-corrected chi connectivity index (χ1v) is 10.5. The summed E-state index contributed by atoms with van der Waals surface area (Å²) in [6.45, 7) is 2.23. The van der Waals surface area contributed by atoms with E-state index in [0.717, 1.165) is 61.8 Å². The van der Waals surface area contributed by atoms with E-state index in [1.54, 1.807) is 14.2 Å². The van der Waals surface area contributed by atoms with Gasteiger partial charge < -0.3 is 24.4 Å². The minimum absolute atomic E-state index is 0.00811. The van der Waals surface area contributed by atoms with Crippen molar-refractivity contribution >= 4 is 11.9 Å². The van der Waals surface area contributed by atoms with Crippen molar-refractivity contribution in [3.8, 4) is 11.5 Å². The number of nitrogens with zero attached hydrogens (tertiary/aromatic N) is 2. The minimum atomic E-state index is -0.111. The van der Waals surface area contributed by atoms with Crippen molar-refractivity contribution in [3.05, 3.63) is 23.8 Å². The van der Waals surface area contributed by atoms with Crippen molar-refractivity contribution in [2.45, 2.75) is 51.2 Å². The molecule has 7 nitrogen and oxygen atoms in total. The Morgan fingerprint density at radius 2 is 1.86 bits per heavy atom. The van der Waals surface area contributed by atoms with Crippen LogP contribution in [0.1, 0.15) is 44.1 Å². The summed E-state index contributed by atoms with van der Waals surface area (Å²) in [4.78, 5) is 18.3. The normalized spacial score (nSPS) is 18.6. The molecular formula is C22H33N3O4. The molecule has 1 heterocycles. The molecule has 7 heteroatoms. The number of carbonyl (C=O) groups excluding carboxylic acids is 1. The van der Waals surface area contributed by atoms with Gasteiger partial charge in [-0.3, -0.25) is 9.79 Å². The number of guanidine groups is 1. The minimum Gasteiger partial charge on any atom is -0.493 e. The highest BCUT2D eigenvalue weighted by Crippen LogP contribution is 2.32. The molecule has 1 saturated carbocycles. The van der Waals surface area contributed by atoms with Crippen molar-refractivity contribution in [1.82, 2.24) is 10.2 Å². The lowest BCUT2D eigenvalue weighted by molar-refractivity contribution is -0.146. The molecule has 0 spiro atoms. The van der Waals surface area contributed by atoms with E-state index in [9.17, 15) is 4.79 Å². The molecule has 3 rings (SSSR count). The van der Waals surface area contributed by atoms with Crippen LogP contribution in [0.3, 0.4) is 0 Å². The number of likely N-dealkylation sites (tertiary alicyclic amines) is 1. The zero-order chi connectivity index (χ0) is 20.6. The van der Waals surface area contributed by atoms with E-state index in [2.05, 4.69) is 21.3 Å². The van der Waals surface area contributed by atoms with Crippen molar-refractivity contribution in [2.75, 3.05) is 34.4 Å². The van der Waals surface area contributed by atoms with E-state index < -0.39 is 0 Å². The third kappa shape index (κ3) is 5.55. The number of carbonyl (C=O) groups is 1. The fourth-order valence-electron chi connectivity index (χ4n) is 4.12. The molecule has 0 amide bonds. The van der Waals surface area contributed by atoms with Gasteiger partial charge in [-0.2, -0.15) is 0 Å². The van der Waals surface area contributed by atoms with Gasteiger partial charge in [0.2, 0.25) is 0 Å². The number of aliphatic imine (C=N–C) groups is 1. The summed E-state index contributed by atoms with van der Waals surface area (Å²) in [7, 11) is 4.92. The zero-order valence-electron chi connectivity index (χ0n) is 17.8. The summed E-state index contributed by atoms with van der Waals surface area (Å²) in [5, 5.41) is 3.44. The number of nitrogens with one attached hydrogen (secondary N) is 1. The standard InChI is InChI=1S/C22H33N3O4/c1-23-22(25-12-10-17(11-13-25)21(26)28-3)24-15-16-8-9-19(27-2)20(14-16)29-18-6-4-5-7-18/h8-9,14,17-18H,4-7,10-13,15H2,1-3H3,(H,23,24). The predicted molar refractivity (Wildman–Crippen MR) is 112 cm³/mol. The molecular weight excluding hydrogens is 370 g/mol. The smallest absolute Gasteiger partial charge is 0.308 e. The molecule has 29 heavy (non-hydrogen) atoms. The summed E-state index contributed by atoms with van der Waals surface area (Å²) in [5.74, 6) is 2.32. The van der Waals surface area contributed by atoms with Crippen molar-refractivity contribution < 1.29 is 19.0 Å². The van der Waals surface area contributed by atoms with Crippen LogP contribution in [0.15, 0.2) is 23.2 Å². The van der Waals surface area contributed by atoms with Gasteiger partial charge in [-0.15, -0.1) is 0 Å². The molecule has 1 aliphatic carbocycles. The maximum atomic E-state index is 11.7. The lowest BCUT2D eigenvalue weighted by Gasteiger charge is -2.33. The van der Waals surface area contributed by atoms with Crippen LogP contribution in [0.5, 0.6) is 11.5 Å². The second kappa shape index (κ2) is 10.4. The Morgan fingerprint density at radius 3 is 2.48 bits per heavy atom. The van der Waals surface area contributed by atoms with Gasteiger partial charge >= 0.3 is 5.97 Å². The zero-order valence-corrected chi connectivity index (χ0v) is 17.8. The Morgan fingerprint density at radius 1 is 1.14 bits per heavy atom. The number of ether oxygens (including phenoxy) is 3. The first-order chi connectivity index (χ1) is 14.1. The van der Waals surface area contributed by atoms with Gasteiger partial charge in [0.15, 0.2) is 17.5 Å². The van der Waals surface area contributed by atoms with E-state index in [1.165, 1.54) is 20.0 Å². The Balaban J connectivity index is 1.57. The number of esters is 1. The number of hydrogen-bond donors (Lipinski definition) is 1. The van der Waals surface area contributed by atoms with Gasteiger partial charge in [-0.1, -0.05) is 6.07 Å². The lowest BCUT2D eigenvalue weighted by Crippen LogP contribution is -2.46. The summed E-state index contributed by atoms with van der Waals surface area (Å²) in [6.07, 6.45) is 6.55. The second-order valence-corrected chi connectivity index (χ2v) is 7.69. The summed E-state index contributed by atoms with van der Waals surface area (Å²) in [5.41, 5.74) is 1.12. The van der Waals surface area contributed by atoms with Crippen molar-refractivity contribution in [2.24, 2.45) is 10.9 Å². The maximum absolute atomic E-state index is 11.7. The SMILES string of the molecule is CN=C(NCc1ccc(OC)c(OC2CCCC2)c1)N1CCC(C(=O)OC)CC1. The number of benzene rings is 1. The van der Waals surface area contributed by atoms with Crippen LogP contribution in [-0.2, 0) is 16.1 Å². The van der Waals surface area contributed by atoms with Crippen LogP contribution in [0.25, 0.3) is 0 Å². The molecule has 1 aliphatic heterocycles. The average Bonchev–Trinajstić information content (AvgIpc) is 3.27. The quantitative estimate of drug-likeness (QED) is 0.447. The van der Waals surface area contributed by atoms with Gasteiger partial charge in [0.25, 0.3) is 0 Å². The predicted octanol–water partition coefficient (Wildman–Crippen LogP) is 2.98. The molecule has 2 aliphatic rings. The number of methoxy groups -OCH3 is 2. The van der Waals surface area contributed by atoms with Gasteiger partial charge in [0.05, 0.1) is 26.2 Å². The monoisotopic (exact) mass is 403 g/mol. The number of piperidine rings is 1. The fraction of sp³-hybridized carbons (Fsp3) is 0.636. The highest BCUT2D eigenvalue weighted by atomic mass is 16.5. The highest BCUT2D eigenvalue weighted by Gasteiger charge is 2.27. The maximum Gasteiger partial charge on any atom is 0.308 e. The van der Waals surface area contributed by atoms with Gasteiger partial charge in [0.1, 0.15) is 0 Å². The lowest BCUT2D eigenvalue weighted by atomic mass is 9.97. The highest BCUT2D eigenvalue weighted by molar-refractivity contribution is 5.80. The molecule has 1 aromatic carbocycles. The van der Waals surface area contributed by atoms with Gasteiger partial charge in [-0.25, -0.2) is 0 Å². The third-order valence-electron chi connectivity index (χ3n) is 5.82. The first-order valence-electron chi connectivity index (χ1n) is 10.5. The third-order valence-corrected chi connectivity index (χ3v) is 5.82. The number of hydrogen-bond acceptors (Lipinski definition) is 5. The van der Waals surface area contributed by atoms with Crippen LogP contribution < -0.4 is 14.8 Å². The molecule has 1 N–H and O–H groups in total. The fourth-order valence-corrected chi connectivity index (χ4v) is 4.12. The van der Waals surface area contributed by atoms with E-state index in [0.29, 0.717) is 6.54 Å². The number of rotatable bonds is 6. The second-order valence-electron chi connectivity index (χ2n) is 7.69. The van der Waals surface area contributed by atoms with Crippen molar-refractivity contribution in [1.29, 1.82) is 0 Å². The molecule has 0 atom stereocenters. The molecule has 0 radical (unpaired) electrons. The molecule has 0 unspecified atom stereocenters. The summed E-state index contributed by atoms with van der Waals surface area (Å²) in [6, 6.07) is 6.07. The van der Waals surface area contributed by atoms with Gasteiger partial charge in [-0.05, 0) is 56.2 Å². The van der Waals surface area contributed by atoms with Crippen molar-refractivity contribution in [3.63, 3.8) is 0 Å². The first kappa shape index (κ1) is 21.3. The molecule has 0 aromatic heterocycles. The van der Waals surface area contributed by atoms with Gasteiger partial charge in [0, 0.05) is 26.7 Å². The summed E-state index contributed by atoms with van der Waals surface area (Å²) < 4.78 is 16.5. The molecule has 0 bridgehead atoms. The van der Waals surface area contributed by atoms with E-state index in [1.807, 2.05) is 12.1 Å². The topological polar surface area (TPSA) is 72.4 Å². The van der Waals surface area contributed by atoms with E-state index in [-0.39, 0.29) is 18.0 Å². The average molecular weight is 404 g/mol. The van der Waals surface area contributed by atoms with Crippen LogP contribution >= 0.6 is 0 Å². The molecule has 1 aromatic rings. The van der Waals surface area contributed by atoms with E-state index in [4.69, 9.17) is 14.2 Å². The van der Waals surface area contributed by atoms with Crippen LogP contribution in [-0.4, -0.2) is 57.3 Å².